The minimum Gasteiger partial charge on any atom is -0.494 e. The van der Waals surface area contributed by atoms with Crippen LogP contribution in [0.5, 0.6) is 5.88 Å². The number of nitrogens with zero attached hydrogens (tertiary/aromatic N) is 1. The number of fused-ring (bicyclic) bond motifs is 1. The topological polar surface area (TPSA) is 91.5 Å². The highest BCUT2D eigenvalue weighted by Crippen LogP contribution is 2.32. The third kappa shape index (κ3) is 4.13. The van der Waals surface area contributed by atoms with Gasteiger partial charge in [-0.15, -0.1) is 0 Å². The number of ketones is 1. The van der Waals surface area contributed by atoms with Gasteiger partial charge in [0, 0.05) is 27.6 Å². The Kier molecular flexibility index (Phi) is 5.21. The van der Waals surface area contributed by atoms with Crippen LogP contribution in [0, 0.1) is 0 Å². The quantitative estimate of drug-likeness (QED) is 0.302. The Labute approximate surface area is 181 Å². The number of hydrogen-bond acceptors (Lipinski definition) is 4. The van der Waals surface area contributed by atoms with Gasteiger partial charge in [-0.3, -0.25) is 4.79 Å². The van der Waals surface area contributed by atoms with E-state index in [1.54, 1.807) is 18.2 Å². The number of hydrogen-bond donors (Lipinski definition) is 3. The van der Waals surface area contributed by atoms with Crippen molar-refractivity contribution in [3.05, 3.63) is 95.1 Å². The highest BCUT2D eigenvalue weighted by molar-refractivity contribution is 6.22. The van der Waals surface area contributed by atoms with Crippen LogP contribution in [0.4, 0.5) is 5.69 Å². The number of Topliss-reactive ketones (excluding diaryl/α,β-unsaturated/α-hetero) is 1. The number of aromatic amines is 1. The van der Waals surface area contributed by atoms with E-state index in [4.69, 9.17) is 10.7 Å². The molecule has 5 heteroatoms. The van der Waals surface area contributed by atoms with E-state index in [0.29, 0.717) is 16.8 Å². The maximum absolute atomic E-state index is 11.9. The average Bonchev–Trinajstić information content (AvgIpc) is 3.07. The highest BCUT2D eigenvalue weighted by Gasteiger charge is 2.20. The number of aromatic hydroxyl groups is 1. The van der Waals surface area contributed by atoms with Gasteiger partial charge in [0.05, 0.1) is 17.0 Å². The van der Waals surface area contributed by atoms with E-state index in [0.717, 1.165) is 27.7 Å². The molecule has 0 aliphatic rings. The third-order valence-corrected chi connectivity index (χ3v) is 5.32. The monoisotopic (exact) mass is 411 g/mol. The van der Waals surface area contributed by atoms with Crippen LogP contribution in [0.25, 0.3) is 10.9 Å². The zero-order chi connectivity index (χ0) is 22.2. The fourth-order valence-electron chi connectivity index (χ4n) is 3.59. The number of aromatic nitrogens is 1. The third-order valence-electron chi connectivity index (χ3n) is 5.32. The molecule has 4 rings (SSSR count). The van der Waals surface area contributed by atoms with Crippen LogP contribution in [-0.2, 0) is 5.54 Å². The molecular weight excluding hydrogens is 386 g/mol. The molecular formula is C26H25N3O2. The van der Waals surface area contributed by atoms with Crippen LogP contribution in [0.1, 0.15) is 47.8 Å². The maximum atomic E-state index is 11.9. The molecule has 0 amide bonds. The summed E-state index contributed by atoms with van der Waals surface area (Å²) in [5.41, 5.74) is 10.9. The lowest BCUT2D eigenvalue weighted by Crippen LogP contribution is -2.28. The van der Waals surface area contributed by atoms with Crippen molar-refractivity contribution < 1.29 is 9.90 Å². The molecule has 0 fully saturated rings. The van der Waals surface area contributed by atoms with E-state index in [1.807, 2.05) is 68.4 Å². The maximum Gasteiger partial charge on any atom is 0.199 e. The molecule has 0 aliphatic heterocycles. The molecule has 31 heavy (non-hydrogen) atoms. The molecule has 5 nitrogen and oxygen atoms in total. The van der Waals surface area contributed by atoms with E-state index in [9.17, 15) is 9.90 Å². The summed E-state index contributed by atoms with van der Waals surface area (Å²) in [6.45, 7) is 5.44. The Balaban J connectivity index is 1.93. The predicted octanol–water partition coefficient (Wildman–Crippen LogP) is 5.44. The van der Waals surface area contributed by atoms with Crippen LogP contribution in [0.3, 0.4) is 0 Å². The summed E-state index contributed by atoms with van der Waals surface area (Å²) in [7, 11) is 0. The fraction of sp³-hybridized carbons (Fsp3) is 0.154. The Hall–Kier alpha value is -3.70. The van der Waals surface area contributed by atoms with Crippen molar-refractivity contribution >= 4 is 28.1 Å². The standard InChI is InChI=1S/C26H25N3O2/c1-16(30)18-9-14-22-21(15-18)23(25(31)29-22)24(17-7-5-4-6-8-17)28-20-12-10-19(11-13-20)26(2,3)27/h4-15,29,31H,27H2,1-3H3. The zero-order valence-electron chi connectivity index (χ0n) is 17.8. The molecule has 0 saturated carbocycles. The number of carbonyl (C=O) groups is 1. The first kappa shape index (κ1) is 20.6. The Morgan fingerprint density at radius 1 is 0.968 bits per heavy atom. The van der Waals surface area contributed by atoms with E-state index in [-0.39, 0.29) is 11.7 Å². The minimum atomic E-state index is -0.442. The lowest BCUT2D eigenvalue weighted by atomic mass is 9.95. The van der Waals surface area contributed by atoms with E-state index < -0.39 is 5.54 Å². The molecule has 4 N–H and O–H groups in total. The van der Waals surface area contributed by atoms with Crippen molar-refractivity contribution in [2.24, 2.45) is 10.7 Å². The summed E-state index contributed by atoms with van der Waals surface area (Å²) in [5, 5.41) is 11.5. The minimum absolute atomic E-state index is 0.0121. The number of nitrogens with two attached hydrogens (primary N) is 1. The lowest BCUT2D eigenvalue weighted by Gasteiger charge is -2.19. The van der Waals surface area contributed by atoms with Crippen molar-refractivity contribution in [2.75, 3.05) is 0 Å². The summed E-state index contributed by atoms with van der Waals surface area (Å²) >= 11 is 0. The second kappa shape index (κ2) is 7.85. The number of nitrogens with one attached hydrogen (secondary N) is 1. The summed E-state index contributed by atoms with van der Waals surface area (Å²) in [6, 6.07) is 22.8. The number of carbonyl (C=O) groups excluding carboxylic acids is 1. The van der Waals surface area contributed by atoms with Gasteiger partial charge in [0.15, 0.2) is 11.7 Å². The zero-order valence-corrected chi connectivity index (χ0v) is 17.8. The van der Waals surface area contributed by atoms with Gasteiger partial charge in [0.2, 0.25) is 0 Å². The predicted molar refractivity (Wildman–Crippen MR) is 125 cm³/mol. The van der Waals surface area contributed by atoms with Crippen molar-refractivity contribution in [3.63, 3.8) is 0 Å². The van der Waals surface area contributed by atoms with E-state index >= 15 is 0 Å². The molecule has 1 heterocycles. The molecule has 0 radical (unpaired) electrons. The summed E-state index contributed by atoms with van der Waals surface area (Å²) < 4.78 is 0. The van der Waals surface area contributed by atoms with E-state index in [1.165, 1.54) is 6.92 Å². The van der Waals surface area contributed by atoms with Gasteiger partial charge < -0.3 is 15.8 Å². The van der Waals surface area contributed by atoms with Gasteiger partial charge in [0.1, 0.15) is 0 Å². The molecule has 0 spiro atoms. The summed E-state index contributed by atoms with van der Waals surface area (Å²) in [6.07, 6.45) is 0. The van der Waals surface area contributed by atoms with Crippen LogP contribution < -0.4 is 5.73 Å². The lowest BCUT2D eigenvalue weighted by molar-refractivity contribution is 0.101. The van der Waals surface area contributed by atoms with Gasteiger partial charge in [-0.05, 0) is 56.7 Å². The second-order valence-corrected chi connectivity index (χ2v) is 8.26. The van der Waals surface area contributed by atoms with Crippen molar-refractivity contribution in [1.29, 1.82) is 0 Å². The molecule has 1 aromatic heterocycles. The molecule has 0 saturated heterocycles. The van der Waals surface area contributed by atoms with Crippen LogP contribution in [-0.4, -0.2) is 21.6 Å². The first-order valence-electron chi connectivity index (χ1n) is 10.1. The smallest absolute Gasteiger partial charge is 0.199 e. The molecule has 0 unspecified atom stereocenters. The molecule has 3 aromatic carbocycles. The van der Waals surface area contributed by atoms with E-state index in [2.05, 4.69) is 4.98 Å². The first-order chi connectivity index (χ1) is 14.7. The van der Waals surface area contributed by atoms with Crippen molar-refractivity contribution in [2.45, 2.75) is 26.3 Å². The Morgan fingerprint density at radius 2 is 1.65 bits per heavy atom. The molecule has 156 valence electrons. The van der Waals surface area contributed by atoms with Gasteiger partial charge in [0.25, 0.3) is 0 Å². The summed E-state index contributed by atoms with van der Waals surface area (Å²) in [4.78, 5) is 19.8. The highest BCUT2D eigenvalue weighted by atomic mass is 16.3. The fourth-order valence-corrected chi connectivity index (χ4v) is 3.59. The number of rotatable bonds is 5. The molecule has 4 aromatic rings. The molecule has 0 bridgehead atoms. The number of aliphatic imine (C=N–C) groups is 1. The normalized spacial score (nSPS) is 12.3. The first-order valence-corrected chi connectivity index (χ1v) is 10.1. The molecule has 0 aliphatic carbocycles. The van der Waals surface area contributed by atoms with Gasteiger partial charge in [-0.25, -0.2) is 4.99 Å². The largest absolute Gasteiger partial charge is 0.494 e. The second-order valence-electron chi connectivity index (χ2n) is 8.26. The SMILES string of the molecule is CC(=O)c1ccc2[nH]c(O)c(C(=Nc3ccc(C(C)(C)N)cc3)c3ccccc3)c2c1. The van der Waals surface area contributed by atoms with Crippen LogP contribution in [0.2, 0.25) is 0 Å². The Bertz CT molecular complexity index is 1280. The van der Waals surface area contributed by atoms with Crippen LogP contribution >= 0.6 is 0 Å². The van der Waals surface area contributed by atoms with Gasteiger partial charge in [-0.2, -0.15) is 0 Å². The van der Waals surface area contributed by atoms with Gasteiger partial charge >= 0.3 is 0 Å². The Morgan fingerprint density at radius 3 is 2.26 bits per heavy atom. The van der Waals surface area contributed by atoms with Crippen molar-refractivity contribution in [1.82, 2.24) is 4.98 Å². The van der Waals surface area contributed by atoms with Crippen molar-refractivity contribution in [3.8, 4) is 5.88 Å². The molecule has 0 atom stereocenters. The van der Waals surface area contributed by atoms with Gasteiger partial charge in [-0.1, -0.05) is 42.5 Å². The average molecular weight is 412 g/mol. The number of benzene rings is 3. The van der Waals surface area contributed by atoms with Crippen LogP contribution in [0.15, 0.2) is 77.8 Å². The number of H-pyrrole nitrogens is 1. The summed E-state index contributed by atoms with van der Waals surface area (Å²) in [5.74, 6) is -0.0234.